The monoisotopic (exact) mass is 349 g/mol. The van der Waals surface area contributed by atoms with Crippen molar-refractivity contribution in [2.45, 2.75) is 44.2 Å². The van der Waals surface area contributed by atoms with Gasteiger partial charge in [0.1, 0.15) is 11.9 Å². The van der Waals surface area contributed by atoms with E-state index in [0.717, 1.165) is 25.7 Å². The summed E-state index contributed by atoms with van der Waals surface area (Å²) in [6.45, 7) is 0.679. The number of nitrogens with zero attached hydrogens (tertiary/aromatic N) is 1. The lowest BCUT2D eigenvalue weighted by atomic mass is 9.77. The Bertz CT molecular complexity index is 661. The molecule has 3 fully saturated rings. The molecule has 8 nitrogen and oxygen atoms in total. The van der Waals surface area contributed by atoms with Gasteiger partial charge in [-0.15, -0.1) is 0 Å². The smallest absolute Gasteiger partial charge is 0.430 e. The highest BCUT2D eigenvalue weighted by Crippen LogP contribution is 2.47. The second-order valence-electron chi connectivity index (χ2n) is 6.63. The summed E-state index contributed by atoms with van der Waals surface area (Å²) in [6, 6.07) is 5.32. The van der Waals surface area contributed by atoms with E-state index in [2.05, 4.69) is 0 Å². The first-order valence-electron chi connectivity index (χ1n) is 8.52. The Hall–Kier alpha value is -2.19. The van der Waals surface area contributed by atoms with Gasteiger partial charge in [0.15, 0.2) is 6.29 Å². The van der Waals surface area contributed by atoms with Crippen LogP contribution in [0.25, 0.3) is 0 Å². The normalized spacial score (nSPS) is 33.4. The van der Waals surface area contributed by atoms with Crippen molar-refractivity contribution in [2.75, 3.05) is 6.61 Å². The lowest BCUT2D eigenvalue weighted by Crippen LogP contribution is -2.40. The third-order valence-electron chi connectivity index (χ3n) is 5.22. The second-order valence-corrected chi connectivity index (χ2v) is 6.63. The Morgan fingerprint density at radius 1 is 1.20 bits per heavy atom. The number of carbonyl (C=O) groups is 1. The molecule has 1 aromatic carbocycles. The van der Waals surface area contributed by atoms with Crippen molar-refractivity contribution >= 4 is 11.8 Å². The zero-order valence-corrected chi connectivity index (χ0v) is 13.5. The van der Waals surface area contributed by atoms with Crippen LogP contribution in [-0.2, 0) is 14.2 Å². The maximum atomic E-state index is 12.1. The van der Waals surface area contributed by atoms with E-state index in [-0.39, 0.29) is 41.8 Å². The number of carbonyl (C=O) groups excluding carboxylic acids is 1. The molecule has 0 spiro atoms. The van der Waals surface area contributed by atoms with Gasteiger partial charge in [-0.05, 0) is 37.8 Å². The minimum Gasteiger partial charge on any atom is -0.430 e. The molecule has 0 N–H and O–H groups in total. The summed E-state index contributed by atoms with van der Waals surface area (Å²) in [5.41, 5.74) is -0.0637. The average Bonchev–Trinajstić information content (AvgIpc) is 3.16. The molecule has 0 unspecified atom stereocenters. The maximum absolute atomic E-state index is 12.1. The predicted molar refractivity (Wildman–Crippen MR) is 84.1 cm³/mol. The summed E-state index contributed by atoms with van der Waals surface area (Å²) in [5, 5.41) is 10.6. The summed E-state index contributed by atoms with van der Waals surface area (Å²) in [4.78, 5) is 22.3. The molecule has 0 amide bonds. The minimum absolute atomic E-state index is 0.0637. The Morgan fingerprint density at radius 3 is 2.76 bits per heavy atom. The fourth-order valence-electron chi connectivity index (χ4n) is 4.14. The van der Waals surface area contributed by atoms with Crippen molar-refractivity contribution in [3.05, 3.63) is 34.4 Å². The van der Waals surface area contributed by atoms with Crippen LogP contribution in [0.15, 0.2) is 24.3 Å². The first-order chi connectivity index (χ1) is 12.1. The Labute approximate surface area is 144 Å². The van der Waals surface area contributed by atoms with Gasteiger partial charge < -0.3 is 18.9 Å². The third kappa shape index (κ3) is 3.19. The zero-order valence-electron chi connectivity index (χ0n) is 13.5. The van der Waals surface area contributed by atoms with Gasteiger partial charge in [-0.1, -0.05) is 0 Å². The van der Waals surface area contributed by atoms with Crippen molar-refractivity contribution in [1.29, 1.82) is 0 Å². The molecule has 1 saturated carbocycles. The molecule has 2 saturated heterocycles. The molecule has 0 bridgehead atoms. The SMILES string of the molecule is O=C(Oc1ccc([N+](=O)[O-])cc1)O[C@H]1CCC[C@H]2O[C@@H]3OCC[C@@H]3[C@@H]12. The van der Waals surface area contributed by atoms with Crippen LogP contribution < -0.4 is 4.74 Å². The summed E-state index contributed by atoms with van der Waals surface area (Å²) < 4.78 is 22.3. The molecule has 0 aromatic heterocycles. The molecule has 134 valence electrons. The van der Waals surface area contributed by atoms with E-state index in [0.29, 0.717) is 6.61 Å². The van der Waals surface area contributed by atoms with E-state index < -0.39 is 11.1 Å². The lowest BCUT2D eigenvalue weighted by Gasteiger charge is -2.33. The van der Waals surface area contributed by atoms with Crippen LogP contribution in [0.3, 0.4) is 0 Å². The molecule has 0 radical (unpaired) electrons. The van der Waals surface area contributed by atoms with Gasteiger partial charge in [0.2, 0.25) is 0 Å². The Balaban J connectivity index is 1.39. The topological polar surface area (TPSA) is 97.1 Å². The highest BCUT2D eigenvalue weighted by Gasteiger charge is 2.53. The molecule has 5 atom stereocenters. The zero-order chi connectivity index (χ0) is 17.4. The minimum atomic E-state index is -0.790. The summed E-state index contributed by atoms with van der Waals surface area (Å²) in [6.07, 6.45) is 2.44. The molecule has 2 heterocycles. The molecule has 2 aliphatic heterocycles. The third-order valence-corrected chi connectivity index (χ3v) is 5.22. The highest BCUT2D eigenvalue weighted by molar-refractivity contribution is 5.64. The molecule has 3 aliphatic rings. The fourth-order valence-corrected chi connectivity index (χ4v) is 4.14. The standard InChI is InChI=1S/C17H19NO7/c19-17(23-11-6-4-10(5-7-11)18(20)21)25-14-3-1-2-13-15(14)12-8-9-22-16(12)24-13/h4-7,12-16H,1-3,8-9H2/t12-,13-,14+,15-,16+/m1/s1. The maximum Gasteiger partial charge on any atom is 0.514 e. The van der Waals surface area contributed by atoms with Crippen LogP contribution in [0, 0.1) is 22.0 Å². The molecular formula is C17H19NO7. The van der Waals surface area contributed by atoms with E-state index in [1.54, 1.807) is 0 Å². The van der Waals surface area contributed by atoms with Gasteiger partial charge in [-0.25, -0.2) is 4.79 Å². The Kier molecular flexibility index (Phi) is 4.30. The number of fused-ring (bicyclic) bond motifs is 3. The molecule has 1 aromatic rings. The number of ether oxygens (including phenoxy) is 4. The van der Waals surface area contributed by atoms with Gasteiger partial charge in [-0.3, -0.25) is 10.1 Å². The molecule has 1 aliphatic carbocycles. The number of nitro groups is 1. The number of non-ortho nitro benzene ring substituents is 1. The number of rotatable bonds is 3. The first-order valence-corrected chi connectivity index (χ1v) is 8.52. The average molecular weight is 349 g/mol. The van der Waals surface area contributed by atoms with Crippen molar-refractivity contribution in [3.8, 4) is 5.75 Å². The summed E-state index contributed by atoms with van der Waals surface area (Å²) >= 11 is 0. The van der Waals surface area contributed by atoms with Crippen molar-refractivity contribution < 1.29 is 28.7 Å². The molecular weight excluding hydrogens is 330 g/mol. The van der Waals surface area contributed by atoms with Gasteiger partial charge >= 0.3 is 6.16 Å². The first kappa shape index (κ1) is 16.3. The van der Waals surface area contributed by atoms with Crippen LogP contribution in [0.5, 0.6) is 5.75 Å². The number of hydrogen-bond acceptors (Lipinski definition) is 7. The number of benzene rings is 1. The fraction of sp³-hybridized carbons (Fsp3) is 0.588. The van der Waals surface area contributed by atoms with E-state index in [9.17, 15) is 14.9 Å². The van der Waals surface area contributed by atoms with E-state index in [4.69, 9.17) is 18.9 Å². The van der Waals surface area contributed by atoms with Crippen LogP contribution in [0.1, 0.15) is 25.7 Å². The Morgan fingerprint density at radius 2 is 2.00 bits per heavy atom. The van der Waals surface area contributed by atoms with E-state index in [1.165, 1.54) is 24.3 Å². The second kappa shape index (κ2) is 6.61. The van der Waals surface area contributed by atoms with Crippen LogP contribution in [-0.4, -0.2) is 36.2 Å². The molecule has 25 heavy (non-hydrogen) atoms. The van der Waals surface area contributed by atoms with Crippen molar-refractivity contribution in [2.24, 2.45) is 11.8 Å². The van der Waals surface area contributed by atoms with Crippen LogP contribution in [0.2, 0.25) is 0 Å². The number of hydrogen-bond donors (Lipinski definition) is 0. The predicted octanol–water partition coefficient (Wildman–Crippen LogP) is 3.04. The summed E-state index contributed by atoms with van der Waals surface area (Å²) in [5.74, 6) is 0.626. The van der Waals surface area contributed by atoms with Gasteiger partial charge in [0, 0.05) is 24.0 Å². The van der Waals surface area contributed by atoms with E-state index in [1.807, 2.05) is 0 Å². The number of nitro benzene ring substituents is 1. The lowest BCUT2D eigenvalue weighted by molar-refractivity contribution is -0.384. The largest absolute Gasteiger partial charge is 0.514 e. The summed E-state index contributed by atoms with van der Waals surface area (Å²) in [7, 11) is 0. The van der Waals surface area contributed by atoms with Crippen molar-refractivity contribution in [1.82, 2.24) is 0 Å². The van der Waals surface area contributed by atoms with Crippen molar-refractivity contribution in [3.63, 3.8) is 0 Å². The highest BCUT2D eigenvalue weighted by atomic mass is 16.7. The molecule has 8 heteroatoms. The van der Waals surface area contributed by atoms with Gasteiger partial charge in [-0.2, -0.15) is 0 Å². The molecule has 4 rings (SSSR count). The van der Waals surface area contributed by atoms with E-state index >= 15 is 0 Å². The van der Waals surface area contributed by atoms with Gasteiger partial charge in [0.25, 0.3) is 5.69 Å². The van der Waals surface area contributed by atoms with Crippen LogP contribution in [0.4, 0.5) is 10.5 Å². The quantitative estimate of drug-likeness (QED) is 0.358. The van der Waals surface area contributed by atoms with Gasteiger partial charge in [0.05, 0.1) is 17.6 Å². The van der Waals surface area contributed by atoms with Crippen LogP contribution >= 0.6 is 0 Å².